The van der Waals surface area contributed by atoms with E-state index in [0.29, 0.717) is 11.5 Å². The average molecular weight is 266 g/mol. The van der Waals surface area contributed by atoms with Crippen LogP contribution < -0.4 is 5.32 Å². The summed E-state index contributed by atoms with van der Waals surface area (Å²) in [6.45, 7) is 7.08. The molecule has 0 aromatic heterocycles. The number of benzene rings is 1. The van der Waals surface area contributed by atoms with Gasteiger partial charge in [-0.2, -0.15) is 0 Å². The van der Waals surface area contributed by atoms with E-state index in [-0.39, 0.29) is 0 Å². The Morgan fingerprint density at radius 2 is 1.67 bits per heavy atom. The van der Waals surface area contributed by atoms with E-state index in [1.54, 1.807) is 0 Å². The van der Waals surface area contributed by atoms with Gasteiger partial charge in [-0.15, -0.1) is 0 Å². The van der Waals surface area contributed by atoms with Crippen LogP contribution in [0.4, 0.5) is 5.69 Å². The maximum absolute atomic E-state index is 6.18. The molecule has 0 saturated heterocycles. The number of halogens is 1. The fraction of sp³-hybridized carbons (Fsp3) is 0.625. The summed E-state index contributed by atoms with van der Waals surface area (Å²) >= 11 is 6.18. The Morgan fingerprint density at radius 1 is 1.06 bits per heavy atom. The second kappa shape index (κ2) is 5.52. The summed E-state index contributed by atoms with van der Waals surface area (Å²) < 4.78 is 0. The van der Waals surface area contributed by atoms with Crippen molar-refractivity contribution in [1.29, 1.82) is 0 Å². The van der Waals surface area contributed by atoms with Gasteiger partial charge in [-0.1, -0.05) is 44.5 Å². The normalized spacial score (nSPS) is 24.9. The smallest absolute Gasteiger partial charge is 0.0637 e. The molecule has 2 heteroatoms. The molecule has 1 aliphatic carbocycles. The second-order valence-electron chi connectivity index (χ2n) is 6.54. The third kappa shape index (κ3) is 3.41. The minimum Gasteiger partial charge on any atom is -0.381 e. The Hall–Kier alpha value is -0.690. The minimum absolute atomic E-state index is 0.454. The molecule has 0 amide bonds. The Kier molecular flexibility index (Phi) is 4.21. The molecule has 0 radical (unpaired) electrons. The molecule has 1 aromatic rings. The molecule has 1 fully saturated rings. The van der Waals surface area contributed by atoms with Crippen molar-refractivity contribution in [1.82, 2.24) is 0 Å². The summed E-state index contributed by atoms with van der Waals surface area (Å²) in [5.74, 6) is 0.863. The number of hydrogen-bond acceptors (Lipinski definition) is 1. The molecule has 0 unspecified atom stereocenters. The molecule has 0 bridgehead atoms. The minimum atomic E-state index is 0.454. The lowest BCUT2D eigenvalue weighted by Crippen LogP contribution is -2.31. The SMILES string of the molecule is CC(C)(C)C1CCC(Nc2ccccc2Cl)CC1. The zero-order valence-electron chi connectivity index (χ0n) is 11.7. The fourth-order valence-corrected chi connectivity index (χ4v) is 3.09. The van der Waals surface area contributed by atoms with Crippen LogP contribution in [0.2, 0.25) is 5.02 Å². The molecule has 0 heterocycles. The highest BCUT2D eigenvalue weighted by Gasteiger charge is 2.29. The van der Waals surface area contributed by atoms with Crippen LogP contribution in [0.3, 0.4) is 0 Å². The number of para-hydroxylation sites is 1. The molecule has 1 nitrogen and oxygen atoms in total. The van der Waals surface area contributed by atoms with Gasteiger partial charge < -0.3 is 5.32 Å². The van der Waals surface area contributed by atoms with Gasteiger partial charge in [0.25, 0.3) is 0 Å². The van der Waals surface area contributed by atoms with Crippen molar-refractivity contribution in [3.63, 3.8) is 0 Å². The van der Waals surface area contributed by atoms with Gasteiger partial charge in [-0.3, -0.25) is 0 Å². The molecule has 1 saturated carbocycles. The summed E-state index contributed by atoms with van der Waals surface area (Å²) in [7, 11) is 0. The molecule has 100 valence electrons. The molecule has 1 aliphatic rings. The highest BCUT2D eigenvalue weighted by atomic mass is 35.5. The van der Waals surface area contributed by atoms with E-state index >= 15 is 0 Å². The Labute approximate surface area is 116 Å². The summed E-state index contributed by atoms with van der Waals surface area (Å²) in [5, 5.41) is 4.42. The van der Waals surface area contributed by atoms with Crippen molar-refractivity contribution in [3.05, 3.63) is 29.3 Å². The van der Waals surface area contributed by atoms with Crippen LogP contribution in [-0.2, 0) is 0 Å². The zero-order valence-corrected chi connectivity index (χ0v) is 12.4. The van der Waals surface area contributed by atoms with Gasteiger partial charge in [0.15, 0.2) is 0 Å². The number of rotatable bonds is 2. The summed E-state index contributed by atoms with van der Waals surface area (Å²) in [4.78, 5) is 0. The largest absolute Gasteiger partial charge is 0.381 e. The van der Waals surface area contributed by atoms with E-state index in [0.717, 1.165) is 16.6 Å². The first-order chi connectivity index (χ1) is 8.47. The van der Waals surface area contributed by atoms with Crippen LogP contribution >= 0.6 is 11.6 Å². The summed E-state index contributed by atoms with van der Waals surface area (Å²) in [6, 6.07) is 8.62. The van der Waals surface area contributed by atoms with Crippen molar-refractivity contribution < 1.29 is 0 Å². The zero-order chi connectivity index (χ0) is 13.2. The highest BCUT2D eigenvalue weighted by molar-refractivity contribution is 6.33. The molecular formula is C16H24ClN. The standard InChI is InChI=1S/C16H24ClN/c1-16(2,3)12-8-10-13(11-9-12)18-15-7-5-4-6-14(15)17/h4-7,12-13,18H,8-11H2,1-3H3. The lowest BCUT2D eigenvalue weighted by atomic mass is 9.71. The molecule has 1 aromatic carbocycles. The number of hydrogen-bond donors (Lipinski definition) is 1. The van der Waals surface area contributed by atoms with Crippen molar-refractivity contribution in [3.8, 4) is 0 Å². The Balaban J connectivity index is 1.90. The average Bonchev–Trinajstić information content (AvgIpc) is 2.32. The topological polar surface area (TPSA) is 12.0 Å². The molecule has 0 aliphatic heterocycles. The first-order valence-corrected chi connectivity index (χ1v) is 7.35. The fourth-order valence-electron chi connectivity index (χ4n) is 2.90. The molecule has 0 spiro atoms. The summed E-state index contributed by atoms with van der Waals surface area (Å²) in [6.07, 6.45) is 5.16. The third-order valence-electron chi connectivity index (χ3n) is 4.19. The molecule has 18 heavy (non-hydrogen) atoms. The van der Waals surface area contributed by atoms with Crippen molar-refractivity contribution in [2.24, 2.45) is 11.3 Å². The first-order valence-electron chi connectivity index (χ1n) is 6.98. The highest BCUT2D eigenvalue weighted by Crippen LogP contribution is 2.38. The lowest BCUT2D eigenvalue weighted by Gasteiger charge is -2.37. The molecule has 0 atom stereocenters. The van der Waals surface area contributed by atoms with Crippen molar-refractivity contribution >= 4 is 17.3 Å². The van der Waals surface area contributed by atoms with Crippen LogP contribution in [0.15, 0.2) is 24.3 Å². The van der Waals surface area contributed by atoms with Crippen LogP contribution in [0.5, 0.6) is 0 Å². The van der Waals surface area contributed by atoms with Gasteiger partial charge in [0.1, 0.15) is 0 Å². The monoisotopic (exact) mass is 265 g/mol. The number of anilines is 1. The van der Waals surface area contributed by atoms with E-state index in [4.69, 9.17) is 11.6 Å². The van der Waals surface area contributed by atoms with Gasteiger partial charge >= 0.3 is 0 Å². The van der Waals surface area contributed by atoms with Crippen LogP contribution in [0.1, 0.15) is 46.5 Å². The van der Waals surface area contributed by atoms with Crippen LogP contribution in [-0.4, -0.2) is 6.04 Å². The molecule has 2 rings (SSSR count). The van der Waals surface area contributed by atoms with Gasteiger partial charge in [0, 0.05) is 6.04 Å². The Morgan fingerprint density at radius 3 is 2.22 bits per heavy atom. The number of nitrogens with one attached hydrogen (secondary N) is 1. The summed E-state index contributed by atoms with van der Waals surface area (Å²) in [5.41, 5.74) is 1.54. The van der Waals surface area contributed by atoms with E-state index in [2.05, 4.69) is 32.2 Å². The second-order valence-corrected chi connectivity index (χ2v) is 6.95. The van der Waals surface area contributed by atoms with E-state index < -0.39 is 0 Å². The van der Waals surface area contributed by atoms with E-state index in [1.807, 2.05) is 18.2 Å². The Bertz CT molecular complexity index is 386. The van der Waals surface area contributed by atoms with Crippen LogP contribution in [0.25, 0.3) is 0 Å². The third-order valence-corrected chi connectivity index (χ3v) is 4.51. The predicted octanol–water partition coefficient (Wildman–Crippen LogP) is 5.36. The lowest BCUT2D eigenvalue weighted by molar-refractivity contribution is 0.173. The van der Waals surface area contributed by atoms with Gasteiger partial charge in [-0.25, -0.2) is 0 Å². The predicted molar refractivity (Wildman–Crippen MR) is 80.3 cm³/mol. The van der Waals surface area contributed by atoms with Crippen LogP contribution in [0, 0.1) is 11.3 Å². The molecular weight excluding hydrogens is 242 g/mol. The van der Waals surface area contributed by atoms with Crippen molar-refractivity contribution in [2.45, 2.75) is 52.5 Å². The maximum Gasteiger partial charge on any atom is 0.0637 e. The quantitative estimate of drug-likeness (QED) is 0.759. The van der Waals surface area contributed by atoms with E-state index in [1.165, 1.54) is 25.7 Å². The van der Waals surface area contributed by atoms with E-state index in [9.17, 15) is 0 Å². The van der Waals surface area contributed by atoms with Gasteiger partial charge in [-0.05, 0) is 49.1 Å². The first kappa shape index (κ1) is 13.7. The van der Waals surface area contributed by atoms with Gasteiger partial charge in [0.05, 0.1) is 10.7 Å². The maximum atomic E-state index is 6.18. The van der Waals surface area contributed by atoms with Crippen molar-refractivity contribution in [2.75, 3.05) is 5.32 Å². The van der Waals surface area contributed by atoms with Gasteiger partial charge in [0.2, 0.25) is 0 Å². The molecule has 1 N–H and O–H groups in total.